The average molecular weight is 257 g/mol. The Hall–Kier alpha value is -0.900. The summed E-state index contributed by atoms with van der Waals surface area (Å²) in [7, 11) is 0. The first kappa shape index (κ1) is 17.1. The van der Waals surface area contributed by atoms with Crippen LogP contribution in [0, 0.1) is 5.41 Å². The van der Waals surface area contributed by atoms with Gasteiger partial charge in [0, 0.05) is 6.04 Å². The molecular formula is C14H27NO3. The maximum Gasteiger partial charge on any atom is 0.319 e. The molecule has 0 N–H and O–H groups in total. The lowest BCUT2D eigenvalue weighted by atomic mass is 9.87. The molecule has 0 saturated heterocycles. The van der Waals surface area contributed by atoms with E-state index in [1.54, 1.807) is 20.8 Å². The largest absolute Gasteiger partial charge is 0.465 e. The van der Waals surface area contributed by atoms with Gasteiger partial charge in [0.2, 0.25) is 0 Å². The van der Waals surface area contributed by atoms with Crippen molar-refractivity contribution in [2.75, 3.05) is 19.7 Å². The second kappa shape index (κ2) is 7.52. The first-order chi connectivity index (χ1) is 8.27. The predicted molar refractivity (Wildman–Crippen MR) is 72.4 cm³/mol. The monoisotopic (exact) mass is 257 g/mol. The fraction of sp³-hybridized carbons (Fsp3) is 0.857. The van der Waals surface area contributed by atoms with Crippen molar-refractivity contribution in [3.63, 3.8) is 0 Å². The lowest BCUT2D eigenvalue weighted by molar-refractivity contribution is -0.158. The smallest absolute Gasteiger partial charge is 0.319 e. The highest BCUT2D eigenvalue weighted by molar-refractivity contribution is 6.03. The van der Waals surface area contributed by atoms with Gasteiger partial charge >= 0.3 is 5.97 Å². The van der Waals surface area contributed by atoms with Gasteiger partial charge in [-0.15, -0.1) is 0 Å². The molecule has 0 aliphatic rings. The van der Waals surface area contributed by atoms with Crippen LogP contribution in [0.5, 0.6) is 0 Å². The fourth-order valence-electron chi connectivity index (χ4n) is 1.61. The van der Waals surface area contributed by atoms with Gasteiger partial charge in [0.15, 0.2) is 5.78 Å². The summed E-state index contributed by atoms with van der Waals surface area (Å²) in [6.45, 7) is 12.7. The zero-order chi connectivity index (χ0) is 14.3. The topological polar surface area (TPSA) is 46.6 Å². The van der Waals surface area contributed by atoms with Gasteiger partial charge in [-0.1, -0.05) is 6.92 Å². The number of nitrogens with zero attached hydrogens (tertiary/aromatic N) is 1. The summed E-state index contributed by atoms with van der Waals surface area (Å²) in [5.41, 5.74) is -1.06. The normalized spacial score (nSPS) is 12.0. The number of rotatable bonds is 8. The zero-order valence-corrected chi connectivity index (χ0v) is 12.6. The second-order valence-electron chi connectivity index (χ2n) is 5.33. The van der Waals surface area contributed by atoms with E-state index in [0.29, 0.717) is 19.2 Å². The van der Waals surface area contributed by atoms with Crippen LogP contribution in [-0.2, 0) is 14.3 Å². The molecule has 4 heteroatoms. The van der Waals surface area contributed by atoms with Crippen LogP contribution in [0.3, 0.4) is 0 Å². The van der Waals surface area contributed by atoms with E-state index in [1.165, 1.54) is 0 Å². The number of carbonyl (C=O) groups is 2. The Balaban J connectivity index is 4.67. The average Bonchev–Trinajstić information content (AvgIpc) is 2.28. The summed E-state index contributed by atoms with van der Waals surface area (Å²) in [5.74, 6) is -0.515. The summed E-state index contributed by atoms with van der Waals surface area (Å²) in [4.78, 5) is 26.1. The Morgan fingerprint density at radius 1 is 1.22 bits per heavy atom. The molecule has 0 aromatic heterocycles. The summed E-state index contributed by atoms with van der Waals surface area (Å²) < 4.78 is 4.95. The summed E-state index contributed by atoms with van der Waals surface area (Å²) >= 11 is 0. The van der Waals surface area contributed by atoms with Crippen LogP contribution >= 0.6 is 0 Å². The van der Waals surface area contributed by atoms with Crippen molar-refractivity contribution in [3.8, 4) is 0 Å². The highest BCUT2D eigenvalue weighted by atomic mass is 16.5. The minimum Gasteiger partial charge on any atom is -0.465 e. The van der Waals surface area contributed by atoms with Crippen LogP contribution < -0.4 is 0 Å². The van der Waals surface area contributed by atoms with Crippen LogP contribution in [-0.4, -0.2) is 42.4 Å². The number of hydrogen-bond donors (Lipinski definition) is 0. The van der Waals surface area contributed by atoms with Gasteiger partial charge in [-0.05, 0) is 47.6 Å². The van der Waals surface area contributed by atoms with Gasteiger partial charge in [-0.25, -0.2) is 0 Å². The van der Waals surface area contributed by atoms with E-state index in [4.69, 9.17) is 4.74 Å². The zero-order valence-electron chi connectivity index (χ0n) is 12.6. The highest BCUT2D eigenvalue weighted by Gasteiger charge is 2.37. The Bertz CT molecular complexity index is 285. The number of ketones is 1. The Morgan fingerprint density at radius 3 is 2.17 bits per heavy atom. The maximum atomic E-state index is 12.2. The number of Topliss-reactive ketones (excluding diaryl/α,β-unsaturated/α-hetero) is 1. The molecule has 0 atom stereocenters. The third-order valence-corrected chi connectivity index (χ3v) is 3.07. The van der Waals surface area contributed by atoms with Crippen LogP contribution in [0.1, 0.15) is 48.0 Å². The fourth-order valence-corrected chi connectivity index (χ4v) is 1.61. The van der Waals surface area contributed by atoms with Gasteiger partial charge < -0.3 is 4.74 Å². The SMILES string of the molecule is CCCN(CC(=O)C(C)(C)C(=O)OCC)C(C)C. The van der Waals surface area contributed by atoms with Gasteiger partial charge in [-0.2, -0.15) is 0 Å². The lowest BCUT2D eigenvalue weighted by Crippen LogP contribution is -2.44. The molecule has 0 spiro atoms. The summed E-state index contributed by atoms with van der Waals surface area (Å²) in [6.07, 6.45) is 0.991. The Labute approximate surface area is 111 Å². The molecule has 0 amide bonds. The molecule has 0 heterocycles. The third-order valence-electron chi connectivity index (χ3n) is 3.07. The standard InChI is InChI=1S/C14H27NO3/c1-7-9-15(11(3)4)10-12(16)14(5,6)13(17)18-8-2/h11H,7-10H2,1-6H3. The van der Waals surface area contributed by atoms with Crippen LogP contribution in [0.2, 0.25) is 0 Å². The second-order valence-corrected chi connectivity index (χ2v) is 5.33. The van der Waals surface area contributed by atoms with E-state index in [1.807, 2.05) is 0 Å². The van der Waals surface area contributed by atoms with Crippen molar-refractivity contribution < 1.29 is 14.3 Å². The molecule has 0 aromatic carbocycles. The van der Waals surface area contributed by atoms with E-state index in [-0.39, 0.29) is 5.78 Å². The number of hydrogen-bond acceptors (Lipinski definition) is 4. The first-order valence-electron chi connectivity index (χ1n) is 6.71. The summed E-state index contributed by atoms with van der Waals surface area (Å²) in [6, 6.07) is 0.298. The molecule has 18 heavy (non-hydrogen) atoms. The Kier molecular flexibility index (Phi) is 7.14. The third kappa shape index (κ3) is 4.77. The minimum absolute atomic E-state index is 0.0805. The molecule has 0 aliphatic carbocycles. The van der Waals surface area contributed by atoms with Gasteiger partial charge in [0.05, 0.1) is 13.2 Å². The van der Waals surface area contributed by atoms with E-state index in [9.17, 15) is 9.59 Å². The van der Waals surface area contributed by atoms with Gasteiger partial charge in [0.25, 0.3) is 0 Å². The van der Waals surface area contributed by atoms with Crippen molar-refractivity contribution >= 4 is 11.8 Å². The molecule has 0 saturated carbocycles. The number of carbonyl (C=O) groups excluding carboxylic acids is 2. The predicted octanol–water partition coefficient (Wildman–Crippen LogP) is 2.27. The van der Waals surface area contributed by atoms with Crippen molar-refractivity contribution in [2.24, 2.45) is 5.41 Å². The van der Waals surface area contributed by atoms with E-state index in [2.05, 4.69) is 25.7 Å². The molecule has 0 rings (SSSR count). The number of esters is 1. The van der Waals surface area contributed by atoms with E-state index >= 15 is 0 Å². The number of ether oxygens (including phenoxy) is 1. The molecule has 0 unspecified atom stereocenters. The van der Waals surface area contributed by atoms with E-state index < -0.39 is 11.4 Å². The maximum absolute atomic E-state index is 12.2. The van der Waals surface area contributed by atoms with Crippen LogP contribution in [0.25, 0.3) is 0 Å². The molecule has 0 aliphatic heterocycles. The minimum atomic E-state index is -1.06. The van der Waals surface area contributed by atoms with Crippen molar-refractivity contribution in [1.29, 1.82) is 0 Å². The molecule has 0 bridgehead atoms. The molecule has 0 radical (unpaired) electrons. The van der Waals surface area contributed by atoms with Crippen molar-refractivity contribution in [2.45, 2.75) is 54.0 Å². The van der Waals surface area contributed by atoms with Gasteiger partial charge in [-0.3, -0.25) is 14.5 Å². The molecule has 0 fully saturated rings. The van der Waals surface area contributed by atoms with Crippen molar-refractivity contribution in [3.05, 3.63) is 0 Å². The molecule has 4 nitrogen and oxygen atoms in total. The van der Waals surface area contributed by atoms with Gasteiger partial charge in [0.1, 0.15) is 5.41 Å². The van der Waals surface area contributed by atoms with Crippen molar-refractivity contribution in [1.82, 2.24) is 4.90 Å². The summed E-state index contributed by atoms with van der Waals surface area (Å²) in [5, 5.41) is 0. The molecular weight excluding hydrogens is 230 g/mol. The quantitative estimate of drug-likeness (QED) is 0.494. The lowest BCUT2D eigenvalue weighted by Gasteiger charge is -2.29. The highest BCUT2D eigenvalue weighted by Crippen LogP contribution is 2.20. The Morgan fingerprint density at radius 2 is 1.78 bits per heavy atom. The van der Waals surface area contributed by atoms with E-state index in [0.717, 1.165) is 13.0 Å². The molecule has 0 aromatic rings. The van der Waals surface area contributed by atoms with Crippen LogP contribution in [0.15, 0.2) is 0 Å². The molecule has 106 valence electrons. The first-order valence-corrected chi connectivity index (χ1v) is 6.71. The van der Waals surface area contributed by atoms with Crippen LogP contribution in [0.4, 0.5) is 0 Å².